The third kappa shape index (κ3) is 6.05. The molecule has 2 fully saturated rings. The van der Waals surface area contributed by atoms with E-state index in [9.17, 15) is 9.90 Å². The highest BCUT2D eigenvalue weighted by Gasteiger charge is 2.31. The SMILES string of the molecule is Cc1ccc(Nc2cc(O/C(C=NC3CCC3)=C(/N)C3CCOCC3)ccn2)cc1C(C)(C)C(=O)O. The van der Waals surface area contributed by atoms with Gasteiger partial charge in [-0.2, -0.15) is 0 Å². The minimum Gasteiger partial charge on any atom is -0.481 e. The van der Waals surface area contributed by atoms with E-state index in [0.29, 0.717) is 42.3 Å². The molecule has 0 spiro atoms. The van der Waals surface area contributed by atoms with Crippen molar-refractivity contribution in [1.29, 1.82) is 0 Å². The molecule has 36 heavy (non-hydrogen) atoms. The Balaban J connectivity index is 1.56. The van der Waals surface area contributed by atoms with Crippen molar-refractivity contribution in [3.63, 3.8) is 0 Å². The molecule has 1 saturated heterocycles. The molecule has 8 heteroatoms. The van der Waals surface area contributed by atoms with Gasteiger partial charge in [-0.3, -0.25) is 9.79 Å². The number of pyridine rings is 1. The number of carbonyl (C=O) groups is 1. The minimum atomic E-state index is -1.01. The predicted octanol–water partition coefficient (Wildman–Crippen LogP) is 5.09. The van der Waals surface area contributed by atoms with Crippen molar-refractivity contribution in [2.24, 2.45) is 16.6 Å². The van der Waals surface area contributed by atoms with Crippen LogP contribution in [0, 0.1) is 12.8 Å². The molecule has 2 heterocycles. The molecule has 4 N–H and O–H groups in total. The lowest BCUT2D eigenvalue weighted by Crippen LogP contribution is -2.29. The summed E-state index contributed by atoms with van der Waals surface area (Å²) in [6.07, 6.45) is 8.58. The third-order valence-electron chi connectivity index (χ3n) is 7.10. The van der Waals surface area contributed by atoms with Gasteiger partial charge in [0, 0.05) is 37.1 Å². The number of benzene rings is 1. The number of aliphatic carboxylic acids is 1. The Labute approximate surface area is 212 Å². The van der Waals surface area contributed by atoms with E-state index in [1.807, 2.05) is 25.1 Å². The first-order valence-corrected chi connectivity index (χ1v) is 12.6. The van der Waals surface area contributed by atoms with Gasteiger partial charge < -0.3 is 25.6 Å². The predicted molar refractivity (Wildman–Crippen MR) is 141 cm³/mol. The van der Waals surface area contributed by atoms with Gasteiger partial charge in [0.1, 0.15) is 11.6 Å². The van der Waals surface area contributed by atoms with E-state index in [2.05, 4.69) is 15.3 Å². The van der Waals surface area contributed by atoms with Gasteiger partial charge in [0.05, 0.1) is 23.4 Å². The van der Waals surface area contributed by atoms with Gasteiger partial charge in [-0.25, -0.2) is 4.98 Å². The lowest BCUT2D eigenvalue weighted by atomic mass is 9.82. The van der Waals surface area contributed by atoms with Crippen molar-refractivity contribution in [3.8, 4) is 5.75 Å². The van der Waals surface area contributed by atoms with Gasteiger partial charge in [0.2, 0.25) is 0 Å². The van der Waals surface area contributed by atoms with E-state index >= 15 is 0 Å². The molecule has 0 atom stereocenters. The topological polar surface area (TPSA) is 119 Å². The zero-order valence-corrected chi connectivity index (χ0v) is 21.3. The number of aromatic nitrogens is 1. The van der Waals surface area contributed by atoms with Crippen molar-refractivity contribution < 1.29 is 19.4 Å². The fourth-order valence-electron chi connectivity index (χ4n) is 4.38. The maximum absolute atomic E-state index is 11.8. The number of nitrogens with one attached hydrogen (secondary N) is 1. The summed E-state index contributed by atoms with van der Waals surface area (Å²) in [5.41, 5.74) is 8.67. The number of ether oxygens (including phenoxy) is 2. The standard InChI is InChI=1S/C28H36N4O4/c1-18-7-8-21(15-23(18)28(2,3)27(33)34)32-25-16-22(9-12-30-25)36-24(17-31-20-5-4-6-20)26(29)19-10-13-35-14-11-19/h7-9,12,15-17,19-20H,4-6,10-11,13-14,29H2,1-3H3,(H,30,32)(H,33,34)/b26-24+,31-17?. The van der Waals surface area contributed by atoms with E-state index in [1.165, 1.54) is 6.42 Å². The number of anilines is 2. The fourth-order valence-corrected chi connectivity index (χ4v) is 4.38. The maximum Gasteiger partial charge on any atom is 0.313 e. The monoisotopic (exact) mass is 492 g/mol. The molecule has 0 amide bonds. The molecule has 2 aromatic rings. The first-order chi connectivity index (χ1) is 17.2. The molecule has 1 aromatic heterocycles. The fraction of sp³-hybridized carbons (Fsp3) is 0.464. The molecule has 1 aliphatic carbocycles. The Morgan fingerprint density at radius 3 is 2.64 bits per heavy atom. The molecular formula is C28H36N4O4. The van der Waals surface area contributed by atoms with Crippen LogP contribution >= 0.6 is 0 Å². The summed E-state index contributed by atoms with van der Waals surface area (Å²) in [5.74, 6) is 1.07. The van der Waals surface area contributed by atoms with Crippen LogP contribution < -0.4 is 15.8 Å². The van der Waals surface area contributed by atoms with E-state index in [-0.39, 0.29) is 5.92 Å². The first kappa shape index (κ1) is 25.7. The van der Waals surface area contributed by atoms with Gasteiger partial charge in [0.25, 0.3) is 0 Å². The van der Waals surface area contributed by atoms with Crippen molar-refractivity contribution in [3.05, 3.63) is 59.1 Å². The van der Waals surface area contributed by atoms with Gasteiger partial charge >= 0.3 is 5.97 Å². The quantitative estimate of drug-likeness (QED) is 0.329. The van der Waals surface area contributed by atoms with Crippen LogP contribution in [0.3, 0.4) is 0 Å². The normalized spacial score (nSPS) is 18.0. The van der Waals surface area contributed by atoms with Crippen LogP contribution in [-0.4, -0.2) is 41.5 Å². The largest absolute Gasteiger partial charge is 0.481 e. The number of allylic oxidation sites excluding steroid dienone is 2. The van der Waals surface area contributed by atoms with Crippen LogP contribution in [0.5, 0.6) is 5.75 Å². The second-order valence-corrected chi connectivity index (χ2v) is 10.1. The number of nitrogens with two attached hydrogens (primary N) is 1. The second-order valence-electron chi connectivity index (χ2n) is 10.1. The van der Waals surface area contributed by atoms with Crippen LogP contribution in [0.2, 0.25) is 0 Å². The summed E-state index contributed by atoms with van der Waals surface area (Å²) >= 11 is 0. The molecule has 192 valence electrons. The zero-order chi connectivity index (χ0) is 25.7. The van der Waals surface area contributed by atoms with Crippen LogP contribution in [-0.2, 0) is 14.9 Å². The van der Waals surface area contributed by atoms with Crippen molar-refractivity contribution in [2.45, 2.75) is 64.3 Å². The number of carboxylic acids is 1. The summed E-state index contributed by atoms with van der Waals surface area (Å²) in [6, 6.07) is 9.61. The van der Waals surface area contributed by atoms with Crippen molar-refractivity contribution in [2.75, 3.05) is 18.5 Å². The summed E-state index contributed by atoms with van der Waals surface area (Å²) < 4.78 is 11.8. The first-order valence-electron chi connectivity index (χ1n) is 12.6. The highest BCUT2D eigenvalue weighted by Crippen LogP contribution is 2.31. The smallest absolute Gasteiger partial charge is 0.313 e. The van der Waals surface area contributed by atoms with Crippen LogP contribution in [0.25, 0.3) is 0 Å². The average Bonchev–Trinajstić information content (AvgIpc) is 2.83. The Hall–Kier alpha value is -3.39. The van der Waals surface area contributed by atoms with Gasteiger partial charge in [0.15, 0.2) is 5.76 Å². The zero-order valence-electron chi connectivity index (χ0n) is 21.3. The molecule has 2 aliphatic rings. The Morgan fingerprint density at radius 1 is 1.22 bits per heavy atom. The van der Waals surface area contributed by atoms with Gasteiger partial charge in [-0.15, -0.1) is 0 Å². The highest BCUT2D eigenvalue weighted by molar-refractivity contribution is 5.81. The molecule has 0 radical (unpaired) electrons. The van der Waals surface area contributed by atoms with E-state index in [4.69, 9.17) is 15.2 Å². The van der Waals surface area contributed by atoms with Crippen LogP contribution in [0.4, 0.5) is 11.5 Å². The molecular weight excluding hydrogens is 456 g/mol. The van der Waals surface area contributed by atoms with E-state index in [0.717, 1.165) is 42.5 Å². The molecule has 1 saturated carbocycles. The number of aryl methyl sites for hydroxylation is 1. The maximum atomic E-state index is 11.8. The lowest BCUT2D eigenvalue weighted by Gasteiger charge is -2.25. The van der Waals surface area contributed by atoms with Crippen LogP contribution in [0.1, 0.15) is 57.1 Å². The summed E-state index contributed by atoms with van der Waals surface area (Å²) in [7, 11) is 0. The molecule has 4 rings (SSSR count). The minimum absolute atomic E-state index is 0.199. The molecule has 8 nitrogen and oxygen atoms in total. The number of rotatable bonds is 9. The summed E-state index contributed by atoms with van der Waals surface area (Å²) in [5, 5.41) is 13.0. The Morgan fingerprint density at radius 2 is 1.97 bits per heavy atom. The van der Waals surface area contributed by atoms with Gasteiger partial charge in [-0.1, -0.05) is 6.07 Å². The molecule has 1 aromatic carbocycles. The Kier molecular flexibility index (Phi) is 7.94. The molecule has 0 bridgehead atoms. The average molecular weight is 493 g/mol. The number of carboxylic acid groups (broad SMARTS) is 1. The third-order valence-corrected chi connectivity index (χ3v) is 7.10. The molecule has 0 unspecified atom stereocenters. The summed E-state index contributed by atoms with van der Waals surface area (Å²) in [4.78, 5) is 20.9. The van der Waals surface area contributed by atoms with Gasteiger partial charge in [-0.05, 0) is 82.2 Å². The van der Waals surface area contributed by atoms with Crippen molar-refractivity contribution in [1.82, 2.24) is 4.98 Å². The Bertz CT molecular complexity index is 1150. The lowest BCUT2D eigenvalue weighted by molar-refractivity contribution is -0.142. The van der Waals surface area contributed by atoms with E-state index < -0.39 is 11.4 Å². The molecule has 1 aliphatic heterocycles. The second kappa shape index (κ2) is 11.1. The summed E-state index contributed by atoms with van der Waals surface area (Å²) in [6.45, 7) is 6.71. The van der Waals surface area contributed by atoms with Crippen molar-refractivity contribution >= 4 is 23.7 Å². The van der Waals surface area contributed by atoms with E-state index in [1.54, 1.807) is 38.4 Å². The number of nitrogens with zero attached hydrogens (tertiary/aromatic N) is 2. The number of hydrogen-bond acceptors (Lipinski definition) is 7. The highest BCUT2D eigenvalue weighted by atomic mass is 16.5. The van der Waals surface area contributed by atoms with Crippen LogP contribution in [0.15, 0.2) is 53.0 Å². The number of aliphatic imine (C=N–C) groups is 1. The number of hydrogen-bond donors (Lipinski definition) is 3.